The molecule has 0 aliphatic carbocycles. The minimum atomic E-state index is -0.613. The number of nitro benzene ring substituents is 1. The van der Waals surface area contributed by atoms with Gasteiger partial charge in [-0.15, -0.1) is 0 Å². The van der Waals surface area contributed by atoms with Gasteiger partial charge in [-0.3, -0.25) is 19.8 Å². The first-order valence-corrected chi connectivity index (χ1v) is 9.01. The number of hydrogen-bond donors (Lipinski definition) is 1. The Morgan fingerprint density at radius 1 is 1.33 bits per heavy atom. The standard InChI is InChI=1S/C17H11ClN2O5S2/c1-25-13-8-12(20(23)24)6-9(15(13)21)7-14-16(22)19(17(26)27-14)11-4-2-10(18)3-5-11/h2-8,21H,1H3. The third-order valence-corrected chi connectivity index (χ3v) is 5.24. The number of rotatable bonds is 4. The number of non-ortho nitro benzene ring substituents is 1. The zero-order chi connectivity index (χ0) is 19.7. The first-order valence-electron chi connectivity index (χ1n) is 7.40. The summed E-state index contributed by atoms with van der Waals surface area (Å²) in [7, 11) is 1.28. The average Bonchev–Trinajstić information content (AvgIpc) is 2.91. The van der Waals surface area contributed by atoms with Crippen molar-refractivity contribution in [3.05, 3.63) is 62.0 Å². The van der Waals surface area contributed by atoms with Crippen LogP contribution in [0.4, 0.5) is 11.4 Å². The Kier molecular flexibility index (Phi) is 5.36. The van der Waals surface area contributed by atoms with Crippen molar-refractivity contribution < 1.29 is 19.6 Å². The minimum absolute atomic E-state index is 0.0661. The van der Waals surface area contributed by atoms with Gasteiger partial charge in [0.05, 0.1) is 28.7 Å². The van der Waals surface area contributed by atoms with Crippen molar-refractivity contribution in [2.45, 2.75) is 0 Å². The Bertz CT molecular complexity index is 992. The molecule has 1 aliphatic rings. The molecule has 0 radical (unpaired) electrons. The molecule has 2 aromatic rings. The van der Waals surface area contributed by atoms with Crippen LogP contribution in [-0.2, 0) is 4.79 Å². The van der Waals surface area contributed by atoms with Gasteiger partial charge in [0.25, 0.3) is 11.6 Å². The summed E-state index contributed by atoms with van der Waals surface area (Å²) in [6.07, 6.45) is 1.35. The largest absolute Gasteiger partial charge is 0.504 e. The number of nitro groups is 1. The Labute approximate surface area is 168 Å². The first kappa shape index (κ1) is 19.2. The Morgan fingerprint density at radius 2 is 2.00 bits per heavy atom. The maximum atomic E-state index is 12.8. The van der Waals surface area contributed by atoms with E-state index in [1.807, 2.05) is 0 Å². The molecule has 0 saturated carbocycles. The number of anilines is 1. The monoisotopic (exact) mass is 422 g/mol. The van der Waals surface area contributed by atoms with E-state index in [9.17, 15) is 20.0 Å². The lowest BCUT2D eigenvalue weighted by atomic mass is 10.1. The maximum absolute atomic E-state index is 12.8. The summed E-state index contributed by atoms with van der Waals surface area (Å²) in [5, 5.41) is 21.9. The SMILES string of the molecule is COc1cc([N+](=O)[O-])cc(C=C2SC(=S)N(c3ccc(Cl)cc3)C2=O)c1O. The number of thiocarbonyl (C=S) groups is 1. The summed E-state index contributed by atoms with van der Waals surface area (Å²) in [5.74, 6) is -0.777. The minimum Gasteiger partial charge on any atom is -0.504 e. The molecule has 1 aliphatic heterocycles. The number of thioether (sulfide) groups is 1. The van der Waals surface area contributed by atoms with Crippen LogP contribution in [-0.4, -0.2) is 27.4 Å². The second-order valence-corrected chi connectivity index (χ2v) is 7.45. The van der Waals surface area contributed by atoms with Crippen molar-refractivity contribution >= 4 is 63.3 Å². The molecule has 10 heteroatoms. The number of halogens is 1. The maximum Gasteiger partial charge on any atom is 0.274 e. The van der Waals surface area contributed by atoms with E-state index in [2.05, 4.69) is 0 Å². The molecule has 1 heterocycles. The van der Waals surface area contributed by atoms with Gasteiger partial charge in [0, 0.05) is 16.7 Å². The summed E-state index contributed by atoms with van der Waals surface area (Å²) >= 11 is 12.2. The number of hydrogen-bond acceptors (Lipinski definition) is 7. The number of phenols is 1. The van der Waals surface area contributed by atoms with Crippen LogP contribution in [0.2, 0.25) is 5.02 Å². The van der Waals surface area contributed by atoms with Gasteiger partial charge in [-0.25, -0.2) is 0 Å². The summed E-state index contributed by atoms with van der Waals surface area (Å²) in [4.78, 5) is 24.8. The van der Waals surface area contributed by atoms with E-state index in [4.69, 9.17) is 28.6 Å². The number of carbonyl (C=O) groups is 1. The lowest BCUT2D eigenvalue weighted by molar-refractivity contribution is -0.385. The average molecular weight is 423 g/mol. The summed E-state index contributed by atoms with van der Waals surface area (Å²) < 4.78 is 5.26. The number of aromatic hydroxyl groups is 1. The van der Waals surface area contributed by atoms with Crippen molar-refractivity contribution in [2.75, 3.05) is 12.0 Å². The molecule has 1 fully saturated rings. The van der Waals surface area contributed by atoms with Crippen molar-refractivity contribution in [2.24, 2.45) is 0 Å². The normalized spacial score (nSPS) is 15.5. The molecular formula is C17H11ClN2O5S2. The van der Waals surface area contributed by atoms with Crippen LogP contribution in [0.5, 0.6) is 11.5 Å². The van der Waals surface area contributed by atoms with Crippen LogP contribution in [0, 0.1) is 10.1 Å². The van der Waals surface area contributed by atoms with Gasteiger partial charge in [0.15, 0.2) is 15.8 Å². The van der Waals surface area contributed by atoms with E-state index >= 15 is 0 Å². The number of ether oxygens (including phenoxy) is 1. The fraction of sp³-hybridized carbons (Fsp3) is 0.0588. The number of carbonyl (C=O) groups excluding carboxylic acids is 1. The van der Waals surface area contributed by atoms with Crippen molar-refractivity contribution in [1.82, 2.24) is 0 Å². The molecule has 7 nitrogen and oxygen atoms in total. The van der Waals surface area contributed by atoms with Crippen LogP contribution < -0.4 is 9.64 Å². The second-order valence-electron chi connectivity index (χ2n) is 5.34. The van der Waals surface area contributed by atoms with Crippen LogP contribution in [0.1, 0.15) is 5.56 Å². The van der Waals surface area contributed by atoms with Crippen LogP contribution in [0.3, 0.4) is 0 Å². The van der Waals surface area contributed by atoms with Gasteiger partial charge < -0.3 is 9.84 Å². The predicted octanol–water partition coefficient (Wildman–Crippen LogP) is 4.37. The molecule has 3 rings (SSSR count). The number of benzene rings is 2. The smallest absolute Gasteiger partial charge is 0.274 e. The lowest BCUT2D eigenvalue weighted by Crippen LogP contribution is -2.27. The number of nitrogens with zero attached hydrogens (tertiary/aromatic N) is 2. The van der Waals surface area contributed by atoms with Crippen molar-refractivity contribution in [3.8, 4) is 11.5 Å². The quantitative estimate of drug-likeness (QED) is 0.338. The molecule has 27 heavy (non-hydrogen) atoms. The Balaban J connectivity index is 2.02. The number of phenolic OH excluding ortho intramolecular Hbond substituents is 1. The van der Waals surface area contributed by atoms with E-state index in [1.54, 1.807) is 24.3 Å². The Hall–Kier alpha value is -2.62. The summed E-state index contributed by atoms with van der Waals surface area (Å²) in [6, 6.07) is 8.85. The fourth-order valence-corrected chi connectivity index (χ4v) is 3.82. The molecule has 138 valence electrons. The van der Waals surface area contributed by atoms with Gasteiger partial charge in [-0.05, 0) is 30.3 Å². The first-order chi connectivity index (χ1) is 12.8. The molecule has 1 N–H and O–H groups in total. The highest BCUT2D eigenvalue weighted by atomic mass is 35.5. The van der Waals surface area contributed by atoms with E-state index in [0.29, 0.717) is 15.0 Å². The predicted molar refractivity (Wildman–Crippen MR) is 108 cm³/mol. The van der Waals surface area contributed by atoms with Gasteiger partial charge in [-0.1, -0.05) is 35.6 Å². The number of amides is 1. The highest BCUT2D eigenvalue weighted by Crippen LogP contribution is 2.40. The summed E-state index contributed by atoms with van der Waals surface area (Å²) in [5.41, 5.74) is 0.355. The van der Waals surface area contributed by atoms with Crippen molar-refractivity contribution in [1.29, 1.82) is 0 Å². The van der Waals surface area contributed by atoms with Gasteiger partial charge in [-0.2, -0.15) is 0 Å². The Morgan fingerprint density at radius 3 is 2.59 bits per heavy atom. The molecule has 0 spiro atoms. The van der Waals surface area contributed by atoms with Crippen LogP contribution in [0.25, 0.3) is 6.08 Å². The lowest BCUT2D eigenvalue weighted by Gasteiger charge is -2.14. The molecule has 0 aromatic heterocycles. The molecule has 0 bridgehead atoms. The fourth-order valence-electron chi connectivity index (χ4n) is 2.41. The van der Waals surface area contributed by atoms with E-state index in [1.165, 1.54) is 18.1 Å². The van der Waals surface area contributed by atoms with Gasteiger partial charge in [0.2, 0.25) is 0 Å². The van der Waals surface area contributed by atoms with Gasteiger partial charge >= 0.3 is 0 Å². The molecule has 1 amide bonds. The molecule has 1 saturated heterocycles. The molecule has 2 aromatic carbocycles. The third kappa shape index (κ3) is 3.75. The second kappa shape index (κ2) is 7.55. The van der Waals surface area contributed by atoms with Crippen LogP contribution in [0.15, 0.2) is 41.3 Å². The topological polar surface area (TPSA) is 92.9 Å². The molecule has 0 atom stereocenters. The number of methoxy groups -OCH3 is 1. The van der Waals surface area contributed by atoms with Crippen LogP contribution >= 0.6 is 35.6 Å². The molecule has 0 unspecified atom stereocenters. The summed E-state index contributed by atoms with van der Waals surface area (Å²) in [6.45, 7) is 0. The van der Waals surface area contributed by atoms with Gasteiger partial charge in [0.1, 0.15) is 0 Å². The molecular weight excluding hydrogens is 412 g/mol. The highest BCUT2D eigenvalue weighted by Gasteiger charge is 2.33. The van der Waals surface area contributed by atoms with E-state index in [-0.39, 0.29) is 27.7 Å². The third-order valence-electron chi connectivity index (χ3n) is 3.69. The van der Waals surface area contributed by atoms with E-state index in [0.717, 1.165) is 23.9 Å². The van der Waals surface area contributed by atoms with E-state index < -0.39 is 10.8 Å². The zero-order valence-electron chi connectivity index (χ0n) is 13.7. The highest BCUT2D eigenvalue weighted by molar-refractivity contribution is 8.27. The zero-order valence-corrected chi connectivity index (χ0v) is 16.1. The van der Waals surface area contributed by atoms with Crippen molar-refractivity contribution in [3.63, 3.8) is 0 Å².